The summed E-state index contributed by atoms with van der Waals surface area (Å²) in [4.78, 5) is 0. The van der Waals surface area contributed by atoms with Crippen molar-refractivity contribution in [3.8, 4) is 0 Å². The summed E-state index contributed by atoms with van der Waals surface area (Å²) in [6, 6.07) is 0. The summed E-state index contributed by atoms with van der Waals surface area (Å²) >= 11 is 0. The molecule has 2 saturated carbocycles. The van der Waals surface area contributed by atoms with E-state index in [0.717, 1.165) is 11.8 Å². The third kappa shape index (κ3) is 1.14. The lowest BCUT2D eigenvalue weighted by Gasteiger charge is -2.51. The molecule has 0 aromatic carbocycles. The number of hydrogen-bond donors (Lipinski definition) is 0. The molecule has 3 aliphatic carbocycles. The average Bonchev–Trinajstić information content (AvgIpc) is 2.37. The molecule has 0 amide bonds. The summed E-state index contributed by atoms with van der Waals surface area (Å²) in [5, 5.41) is 0. The first kappa shape index (κ1) is 9.93. The molecule has 0 heteroatoms. The lowest BCUT2D eigenvalue weighted by atomic mass is 9.53. The van der Waals surface area contributed by atoms with Crippen LogP contribution in [0.2, 0.25) is 0 Å². The van der Waals surface area contributed by atoms with Gasteiger partial charge in [-0.1, -0.05) is 38.3 Å². The molecule has 3 aliphatic rings. The summed E-state index contributed by atoms with van der Waals surface area (Å²) in [7, 11) is 0. The smallest absolute Gasteiger partial charge is 0.0110 e. The van der Waals surface area contributed by atoms with Gasteiger partial charge in [-0.25, -0.2) is 0 Å². The molecule has 84 valence electrons. The minimum Gasteiger partial charge on any atom is -0.0793 e. The number of hydrogen-bond acceptors (Lipinski definition) is 0. The molecular formula is C15H24. The molecule has 0 heterocycles. The van der Waals surface area contributed by atoms with Gasteiger partial charge in [0.25, 0.3) is 0 Å². The van der Waals surface area contributed by atoms with Crippen molar-refractivity contribution in [2.45, 2.75) is 59.3 Å². The second-order valence-electron chi connectivity index (χ2n) is 6.79. The van der Waals surface area contributed by atoms with Crippen LogP contribution in [0.1, 0.15) is 59.3 Å². The highest BCUT2D eigenvalue weighted by Crippen LogP contribution is 2.67. The fraction of sp³-hybridized carbons (Fsp3) is 0.867. The van der Waals surface area contributed by atoms with Crippen LogP contribution in [0, 0.1) is 22.7 Å². The summed E-state index contributed by atoms with van der Waals surface area (Å²) in [6.45, 7) is 7.42. The molecule has 2 fully saturated rings. The second-order valence-corrected chi connectivity index (χ2v) is 6.79. The highest BCUT2D eigenvalue weighted by atomic mass is 14.6. The van der Waals surface area contributed by atoms with Gasteiger partial charge in [-0.2, -0.15) is 0 Å². The maximum absolute atomic E-state index is 2.63. The monoisotopic (exact) mass is 204 g/mol. The molecule has 3 rings (SSSR count). The van der Waals surface area contributed by atoms with Crippen LogP contribution in [0.15, 0.2) is 11.6 Å². The van der Waals surface area contributed by atoms with Gasteiger partial charge >= 0.3 is 0 Å². The summed E-state index contributed by atoms with van der Waals surface area (Å²) in [6.07, 6.45) is 11.5. The predicted molar refractivity (Wildman–Crippen MR) is 64.7 cm³/mol. The van der Waals surface area contributed by atoms with Crippen molar-refractivity contribution in [2.24, 2.45) is 22.7 Å². The normalized spacial score (nSPS) is 53.7. The van der Waals surface area contributed by atoms with Crippen molar-refractivity contribution in [3.63, 3.8) is 0 Å². The van der Waals surface area contributed by atoms with Crippen LogP contribution in [0.5, 0.6) is 0 Å². The van der Waals surface area contributed by atoms with E-state index in [1.165, 1.54) is 38.5 Å². The molecule has 0 radical (unpaired) electrons. The van der Waals surface area contributed by atoms with E-state index in [2.05, 4.69) is 26.8 Å². The molecule has 0 nitrogen and oxygen atoms in total. The van der Waals surface area contributed by atoms with Gasteiger partial charge in [-0.05, 0) is 55.3 Å². The molecule has 4 atom stereocenters. The summed E-state index contributed by atoms with van der Waals surface area (Å²) in [5.74, 6) is 1.99. The molecule has 0 aliphatic heterocycles. The van der Waals surface area contributed by atoms with Crippen LogP contribution in [0.4, 0.5) is 0 Å². The highest BCUT2D eigenvalue weighted by molar-refractivity contribution is 5.24. The molecule has 0 N–H and O–H groups in total. The third-order valence-corrected chi connectivity index (χ3v) is 5.91. The van der Waals surface area contributed by atoms with Crippen molar-refractivity contribution in [1.29, 1.82) is 0 Å². The Morgan fingerprint density at radius 3 is 2.87 bits per heavy atom. The van der Waals surface area contributed by atoms with Crippen LogP contribution in [0.25, 0.3) is 0 Å². The standard InChI is InChI=1S/C15H24/c1-11-9-14(3)7-8-15(10-11)12(2)5-4-6-13(14)15/h9,12-13H,4-8,10H2,1-3H3. The first-order valence-electron chi connectivity index (χ1n) is 6.75. The fourth-order valence-corrected chi connectivity index (χ4v) is 5.32. The predicted octanol–water partition coefficient (Wildman–Crippen LogP) is 4.56. The third-order valence-electron chi connectivity index (χ3n) is 5.91. The Balaban J connectivity index is 2.08. The van der Waals surface area contributed by atoms with E-state index in [9.17, 15) is 0 Å². The van der Waals surface area contributed by atoms with Crippen LogP contribution >= 0.6 is 0 Å². The molecule has 0 spiro atoms. The van der Waals surface area contributed by atoms with Gasteiger partial charge in [-0.15, -0.1) is 0 Å². The van der Waals surface area contributed by atoms with E-state index in [1.54, 1.807) is 5.57 Å². The molecular weight excluding hydrogens is 180 g/mol. The molecule has 2 bridgehead atoms. The quantitative estimate of drug-likeness (QED) is 0.507. The van der Waals surface area contributed by atoms with Crippen LogP contribution in [-0.4, -0.2) is 0 Å². The Kier molecular flexibility index (Phi) is 1.92. The fourth-order valence-electron chi connectivity index (χ4n) is 5.32. The van der Waals surface area contributed by atoms with E-state index in [0.29, 0.717) is 10.8 Å². The lowest BCUT2D eigenvalue weighted by molar-refractivity contribution is 0.0180. The van der Waals surface area contributed by atoms with Gasteiger partial charge in [0, 0.05) is 0 Å². The van der Waals surface area contributed by atoms with Crippen LogP contribution in [-0.2, 0) is 0 Å². The number of allylic oxidation sites excluding steroid dienone is 2. The Morgan fingerprint density at radius 2 is 2.07 bits per heavy atom. The van der Waals surface area contributed by atoms with Crippen molar-refractivity contribution >= 4 is 0 Å². The Bertz CT molecular complexity index is 314. The van der Waals surface area contributed by atoms with Crippen LogP contribution < -0.4 is 0 Å². The molecule has 0 aromatic rings. The SMILES string of the molecule is CC1=CC2(C)CCC3(C1)C(C)CCCC23. The van der Waals surface area contributed by atoms with Gasteiger partial charge in [0.05, 0.1) is 0 Å². The maximum atomic E-state index is 2.63. The zero-order valence-electron chi connectivity index (χ0n) is 10.5. The van der Waals surface area contributed by atoms with Crippen molar-refractivity contribution in [1.82, 2.24) is 0 Å². The topological polar surface area (TPSA) is 0 Å². The van der Waals surface area contributed by atoms with Gasteiger partial charge in [0.2, 0.25) is 0 Å². The van der Waals surface area contributed by atoms with Crippen molar-refractivity contribution < 1.29 is 0 Å². The second kappa shape index (κ2) is 2.90. The molecule has 0 aromatic heterocycles. The van der Waals surface area contributed by atoms with Gasteiger partial charge < -0.3 is 0 Å². The summed E-state index contributed by atoms with van der Waals surface area (Å²) in [5.41, 5.74) is 2.96. The van der Waals surface area contributed by atoms with Crippen molar-refractivity contribution in [3.05, 3.63) is 11.6 Å². The van der Waals surface area contributed by atoms with Crippen LogP contribution in [0.3, 0.4) is 0 Å². The zero-order chi connectivity index (χ0) is 10.7. The van der Waals surface area contributed by atoms with E-state index in [1.807, 2.05) is 0 Å². The van der Waals surface area contributed by atoms with E-state index in [4.69, 9.17) is 0 Å². The van der Waals surface area contributed by atoms with E-state index in [-0.39, 0.29) is 0 Å². The van der Waals surface area contributed by atoms with Crippen molar-refractivity contribution in [2.75, 3.05) is 0 Å². The summed E-state index contributed by atoms with van der Waals surface area (Å²) < 4.78 is 0. The Labute approximate surface area is 94.1 Å². The Morgan fingerprint density at radius 1 is 1.27 bits per heavy atom. The first-order chi connectivity index (χ1) is 7.07. The Hall–Kier alpha value is -0.260. The minimum absolute atomic E-state index is 0.566. The van der Waals surface area contributed by atoms with Gasteiger partial charge in [0.1, 0.15) is 0 Å². The number of rotatable bonds is 0. The van der Waals surface area contributed by atoms with E-state index < -0.39 is 0 Å². The zero-order valence-corrected chi connectivity index (χ0v) is 10.5. The largest absolute Gasteiger partial charge is 0.0793 e. The van der Waals surface area contributed by atoms with E-state index >= 15 is 0 Å². The first-order valence-corrected chi connectivity index (χ1v) is 6.75. The van der Waals surface area contributed by atoms with Gasteiger partial charge in [0.15, 0.2) is 0 Å². The average molecular weight is 204 g/mol. The highest BCUT2D eigenvalue weighted by Gasteiger charge is 2.58. The molecule has 0 saturated heterocycles. The lowest BCUT2D eigenvalue weighted by Crippen LogP contribution is -2.43. The maximum Gasteiger partial charge on any atom is -0.0110 e. The molecule has 4 unspecified atom stereocenters. The van der Waals surface area contributed by atoms with Gasteiger partial charge in [-0.3, -0.25) is 0 Å². The molecule has 15 heavy (non-hydrogen) atoms. The minimum atomic E-state index is 0.566.